The normalized spacial score (nSPS) is 15.5. The van der Waals surface area contributed by atoms with Crippen molar-refractivity contribution in [3.63, 3.8) is 0 Å². The van der Waals surface area contributed by atoms with Gasteiger partial charge in [-0.25, -0.2) is 4.79 Å². The van der Waals surface area contributed by atoms with E-state index in [0.29, 0.717) is 23.7 Å². The van der Waals surface area contributed by atoms with Crippen molar-refractivity contribution >= 4 is 35.0 Å². The van der Waals surface area contributed by atoms with Gasteiger partial charge in [-0.2, -0.15) is 0 Å². The van der Waals surface area contributed by atoms with E-state index < -0.39 is 17.1 Å². The molecular formula is C15H15NO6S. The Morgan fingerprint density at radius 3 is 2.65 bits per heavy atom. The van der Waals surface area contributed by atoms with Crippen LogP contribution in [0.4, 0.5) is 4.79 Å². The summed E-state index contributed by atoms with van der Waals surface area (Å²) in [6.45, 7) is 2.00. The van der Waals surface area contributed by atoms with E-state index in [1.165, 1.54) is 7.11 Å². The molecule has 0 spiro atoms. The molecule has 0 bridgehead atoms. The van der Waals surface area contributed by atoms with Crippen LogP contribution in [-0.2, 0) is 14.3 Å². The van der Waals surface area contributed by atoms with E-state index in [0.717, 1.165) is 11.8 Å². The number of benzene rings is 1. The predicted octanol–water partition coefficient (Wildman–Crippen LogP) is 1.96. The predicted molar refractivity (Wildman–Crippen MR) is 84.2 cm³/mol. The number of carbonyl (C=O) groups is 3. The zero-order valence-electron chi connectivity index (χ0n) is 12.6. The highest BCUT2D eigenvalue weighted by molar-refractivity contribution is 8.18. The Morgan fingerprint density at radius 2 is 2.04 bits per heavy atom. The van der Waals surface area contributed by atoms with E-state index in [1.54, 1.807) is 24.3 Å². The van der Waals surface area contributed by atoms with Gasteiger partial charge in [0.1, 0.15) is 0 Å². The minimum Gasteiger partial charge on any atom is -0.490 e. The van der Waals surface area contributed by atoms with Crippen LogP contribution in [-0.4, -0.2) is 37.4 Å². The lowest BCUT2D eigenvalue weighted by Gasteiger charge is -2.12. The molecule has 1 aromatic carbocycles. The van der Waals surface area contributed by atoms with Gasteiger partial charge in [-0.05, 0) is 42.5 Å². The number of nitrogens with one attached hydrogen (secondary N) is 1. The highest BCUT2D eigenvalue weighted by atomic mass is 32.2. The van der Waals surface area contributed by atoms with Crippen LogP contribution in [0.25, 0.3) is 6.08 Å². The van der Waals surface area contributed by atoms with Crippen molar-refractivity contribution in [3.8, 4) is 11.5 Å². The van der Waals surface area contributed by atoms with E-state index in [4.69, 9.17) is 9.47 Å². The molecule has 1 aliphatic rings. The minimum absolute atomic E-state index is 0.260. The Morgan fingerprint density at radius 1 is 1.26 bits per heavy atom. The second-order valence-corrected chi connectivity index (χ2v) is 5.37. The van der Waals surface area contributed by atoms with E-state index in [1.807, 2.05) is 6.92 Å². The molecule has 1 fully saturated rings. The first-order valence-corrected chi connectivity index (χ1v) is 7.56. The molecule has 0 atom stereocenters. The van der Waals surface area contributed by atoms with Gasteiger partial charge < -0.3 is 14.2 Å². The first kappa shape index (κ1) is 16.9. The van der Waals surface area contributed by atoms with Gasteiger partial charge >= 0.3 is 5.97 Å². The third-order valence-electron chi connectivity index (χ3n) is 2.78. The molecule has 1 N–H and O–H groups in total. The SMILES string of the molecule is CCOc1ccc(/C=C2/SC(=O)NC2=O)cc1OCC(=O)OC. The molecule has 1 saturated heterocycles. The zero-order chi connectivity index (χ0) is 16.8. The molecule has 8 heteroatoms. The molecule has 0 saturated carbocycles. The van der Waals surface area contributed by atoms with Crippen molar-refractivity contribution in [2.75, 3.05) is 20.3 Å². The van der Waals surface area contributed by atoms with Crippen LogP contribution in [0.1, 0.15) is 12.5 Å². The van der Waals surface area contributed by atoms with E-state index in [2.05, 4.69) is 10.1 Å². The van der Waals surface area contributed by atoms with Crippen LogP contribution in [0.2, 0.25) is 0 Å². The summed E-state index contributed by atoms with van der Waals surface area (Å²) >= 11 is 0.826. The molecule has 0 aliphatic carbocycles. The number of hydrogen-bond acceptors (Lipinski definition) is 7. The summed E-state index contributed by atoms with van der Waals surface area (Å²) in [6.07, 6.45) is 1.56. The van der Waals surface area contributed by atoms with Gasteiger partial charge in [0.2, 0.25) is 0 Å². The molecule has 0 unspecified atom stereocenters. The van der Waals surface area contributed by atoms with Crippen LogP contribution in [0, 0.1) is 0 Å². The van der Waals surface area contributed by atoms with Crippen LogP contribution >= 0.6 is 11.8 Å². The Bertz CT molecular complexity index is 670. The van der Waals surface area contributed by atoms with Crippen LogP contribution in [0.5, 0.6) is 11.5 Å². The van der Waals surface area contributed by atoms with Gasteiger partial charge in [-0.15, -0.1) is 0 Å². The molecule has 23 heavy (non-hydrogen) atoms. The van der Waals surface area contributed by atoms with Crippen molar-refractivity contribution in [2.45, 2.75) is 6.92 Å². The zero-order valence-corrected chi connectivity index (χ0v) is 13.4. The van der Waals surface area contributed by atoms with Crippen molar-refractivity contribution in [3.05, 3.63) is 28.7 Å². The molecule has 7 nitrogen and oxygen atoms in total. The lowest BCUT2D eigenvalue weighted by molar-refractivity contribution is -0.142. The van der Waals surface area contributed by atoms with Gasteiger partial charge in [0.25, 0.3) is 11.1 Å². The third kappa shape index (κ3) is 4.49. The quantitative estimate of drug-likeness (QED) is 0.627. The van der Waals surface area contributed by atoms with Crippen molar-refractivity contribution in [1.82, 2.24) is 5.32 Å². The highest BCUT2D eigenvalue weighted by Gasteiger charge is 2.25. The first-order valence-electron chi connectivity index (χ1n) is 6.74. The van der Waals surface area contributed by atoms with E-state index in [-0.39, 0.29) is 11.5 Å². The molecule has 2 rings (SSSR count). The van der Waals surface area contributed by atoms with Crippen LogP contribution in [0.3, 0.4) is 0 Å². The highest BCUT2D eigenvalue weighted by Crippen LogP contribution is 2.31. The lowest BCUT2D eigenvalue weighted by atomic mass is 10.2. The minimum atomic E-state index is -0.521. The number of esters is 1. The third-order valence-corrected chi connectivity index (χ3v) is 3.59. The van der Waals surface area contributed by atoms with Gasteiger partial charge in [0.05, 0.1) is 18.6 Å². The summed E-state index contributed by atoms with van der Waals surface area (Å²) in [6, 6.07) is 5.01. The first-order chi connectivity index (χ1) is 11.0. The second-order valence-electron chi connectivity index (χ2n) is 4.36. The average Bonchev–Trinajstić information content (AvgIpc) is 2.84. The molecule has 122 valence electrons. The average molecular weight is 337 g/mol. The largest absolute Gasteiger partial charge is 0.490 e. The maximum Gasteiger partial charge on any atom is 0.343 e. The lowest BCUT2D eigenvalue weighted by Crippen LogP contribution is -2.17. The van der Waals surface area contributed by atoms with Crippen molar-refractivity contribution < 1.29 is 28.6 Å². The number of ether oxygens (including phenoxy) is 3. The number of imide groups is 1. The standard InChI is InChI=1S/C15H15NO6S/c1-3-21-10-5-4-9(6-11(10)22-8-13(17)20-2)7-12-14(18)16-15(19)23-12/h4-7H,3,8H2,1-2H3,(H,16,18,19)/b12-7+. The number of carbonyl (C=O) groups excluding carboxylic acids is 3. The number of rotatable bonds is 6. The van der Waals surface area contributed by atoms with Crippen LogP contribution < -0.4 is 14.8 Å². The summed E-state index contributed by atoms with van der Waals surface area (Å²) in [5, 5.41) is 1.77. The van der Waals surface area contributed by atoms with Gasteiger partial charge in [-0.3, -0.25) is 14.9 Å². The summed E-state index contributed by atoms with van der Waals surface area (Å²) in [5.41, 5.74) is 0.640. The fourth-order valence-corrected chi connectivity index (χ4v) is 2.45. The maximum atomic E-state index is 11.6. The number of amides is 2. The monoisotopic (exact) mass is 337 g/mol. The Kier molecular flexibility index (Phi) is 5.64. The smallest absolute Gasteiger partial charge is 0.343 e. The topological polar surface area (TPSA) is 90.9 Å². The number of thioether (sulfide) groups is 1. The van der Waals surface area contributed by atoms with E-state index >= 15 is 0 Å². The molecule has 0 radical (unpaired) electrons. The fourth-order valence-electron chi connectivity index (χ4n) is 1.77. The molecular weight excluding hydrogens is 322 g/mol. The molecule has 1 aromatic rings. The number of methoxy groups -OCH3 is 1. The van der Waals surface area contributed by atoms with Crippen LogP contribution in [0.15, 0.2) is 23.1 Å². The van der Waals surface area contributed by atoms with Gasteiger partial charge in [-0.1, -0.05) is 6.07 Å². The van der Waals surface area contributed by atoms with Crippen molar-refractivity contribution in [2.24, 2.45) is 0 Å². The summed E-state index contributed by atoms with van der Waals surface area (Å²) in [7, 11) is 1.27. The Labute approximate surface area is 137 Å². The second kappa shape index (κ2) is 7.68. The van der Waals surface area contributed by atoms with E-state index in [9.17, 15) is 14.4 Å². The summed E-state index contributed by atoms with van der Waals surface area (Å²) in [4.78, 5) is 34.2. The Balaban J connectivity index is 2.24. The summed E-state index contributed by atoms with van der Waals surface area (Å²) < 4.78 is 15.3. The van der Waals surface area contributed by atoms with Crippen molar-refractivity contribution in [1.29, 1.82) is 0 Å². The molecule has 1 heterocycles. The molecule has 0 aromatic heterocycles. The van der Waals surface area contributed by atoms with Gasteiger partial charge in [0, 0.05) is 0 Å². The number of hydrogen-bond donors (Lipinski definition) is 1. The van der Waals surface area contributed by atoms with Gasteiger partial charge in [0.15, 0.2) is 18.1 Å². The maximum absolute atomic E-state index is 11.6. The summed E-state index contributed by atoms with van der Waals surface area (Å²) in [5.74, 6) is -0.141. The molecule has 2 amide bonds. The Hall–Kier alpha value is -2.48. The fraction of sp³-hybridized carbons (Fsp3) is 0.267. The molecule has 1 aliphatic heterocycles.